The normalized spacial score (nSPS) is 19.8. The zero-order valence-corrected chi connectivity index (χ0v) is 19.4. The van der Waals surface area contributed by atoms with Gasteiger partial charge in [0.05, 0.1) is 6.04 Å². The molecule has 0 bridgehead atoms. The number of anilines is 1. The number of nitrogens with one attached hydrogen (secondary N) is 1. The van der Waals surface area contributed by atoms with Gasteiger partial charge in [-0.1, -0.05) is 5.16 Å². The van der Waals surface area contributed by atoms with Crippen LogP contribution in [0.5, 0.6) is 0 Å². The van der Waals surface area contributed by atoms with Gasteiger partial charge in [0.25, 0.3) is 11.8 Å². The van der Waals surface area contributed by atoms with Gasteiger partial charge in [0, 0.05) is 5.38 Å². The molecule has 1 aromatic rings. The second kappa shape index (κ2) is 8.93. The maximum Gasteiger partial charge on any atom is 1.00 e. The third kappa shape index (κ3) is 5.43. The second-order valence-corrected chi connectivity index (χ2v) is 8.34. The number of β-lactam (4-membered cyclic amide) rings is 1. The van der Waals surface area contributed by atoms with Crippen molar-refractivity contribution < 1.29 is 66.9 Å². The Labute approximate surface area is 191 Å². The maximum absolute atomic E-state index is 12.5. The van der Waals surface area contributed by atoms with Crippen molar-refractivity contribution in [3.63, 3.8) is 0 Å². The van der Waals surface area contributed by atoms with Crippen LogP contribution in [0.25, 0.3) is 0 Å². The fourth-order valence-electron chi connectivity index (χ4n) is 2.10. The summed E-state index contributed by atoms with van der Waals surface area (Å²) < 4.78 is 33.1. The van der Waals surface area contributed by atoms with Crippen molar-refractivity contribution in [2.24, 2.45) is 5.16 Å². The molecule has 0 unspecified atom stereocenters. The number of aliphatic carboxylic acids is 1. The van der Waals surface area contributed by atoms with E-state index < -0.39 is 51.5 Å². The van der Waals surface area contributed by atoms with E-state index in [1.54, 1.807) is 0 Å². The van der Waals surface area contributed by atoms with Crippen LogP contribution in [0.15, 0.2) is 10.5 Å². The molecule has 0 saturated carbocycles. The molecule has 16 heteroatoms. The van der Waals surface area contributed by atoms with Crippen molar-refractivity contribution in [2.75, 3.05) is 5.73 Å². The molecular weight excluding hydrogens is 441 g/mol. The van der Waals surface area contributed by atoms with E-state index in [0.29, 0.717) is 0 Å². The van der Waals surface area contributed by atoms with Crippen molar-refractivity contribution >= 4 is 50.3 Å². The van der Waals surface area contributed by atoms with Crippen LogP contribution in [-0.2, 0) is 29.5 Å². The zero-order chi connectivity index (χ0) is 21.4. The van der Waals surface area contributed by atoms with Crippen LogP contribution >= 0.6 is 11.3 Å². The van der Waals surface area contributed by atoms with Crippen molar-refractivity contribution in [1.82, 2.24) is 14.6 Å². The van der Waals surface area contributed by atoms with Gasteiger partial charge >= 0.3 is 35.5 Å². The van der Waals surface area contributed by atoms with Gasteiger partial charge < -0.3 is 25.5 Å². The minimum Gasteiger partial charge on any atom is -0.731 e. The molecule has 13 nitrogen and oxygen atoms in total. The van der Waals surface area contributed by atoms with Crippen LogP contribution in [0.3, 0.4) is 0 Å². The molecule has 154 valence electrons. The average Bonchev–Trinajstić information content (AvgIpc) is 2.97. The van der Waals surface area contributed by atoms with Gasteiger partial charge in [-0.3, -0.25) is 9.59 Å². The number of thiazole rings is 1. The summed E-state index contributed by atoms with van der Waals surface area (Å²) in [7, 11) is -5.01. The summed E-state index contributed by atoms with van der Waals surface area (Å²) in [6.07, 6.45) is 0. The number of carboxylic acid groups (broad SMARTS) is 1. The largest absolute Gasteiger partial charge is 1.00 e. The molecule has 0 spiro atoms. The monoisotopic (exact) mass is 457 g/mol. The van der Waals surface area contributed by atoms with E-state index in [1.807, 2.05) is 0 Å². The molecule has 0 aromatic carbocycles. The molecule has 2 atom stereocenters. The van der Waals surface area contributed by atoms with E-state index in [0.717, 1.165) is 11.3 Å². The molecule has 2 rings (SSSR count). The summed E-state index contributed by atoms with van der Waals surface area (Å²) in [6.45, 7) is 3.64. The number of rotatable bonds is 7. The van der Waals surface area contributed by atoms with Crippen LogP contribution in [-0.4, -0.2) is 68.5 Å². The standard InChI is InChI=1S/C13H17N5O8S2.Na/c1-5-7(10(20)18(5)28(23,24)25)16-9(19)8(6-4-27-12(14)15-6)17-26-13(2,3)11(21)22;/h4-5,7H,1-3H3,(H2,14,15)(H,16,19)(H,21,22)(H,23,24,25);/q;+1/p-1/b17-8-;/t5-,7+;/m1./s1. The van der Waals surface area contributed by atoms with Crippen molar-refractivity contribution in [3.05, 3.63) is 11.1 Å². The van der Waals surface area contributed by atoms with Gasteiger partial charge in [0.2, 0.25) is 5.60 Å². The Morgan fingerprint density at radius 1 is 1.48 bits per heavy atom. The Morgan fingerprint density at radius 2 is 2.07 bits per heavy atom. The fraction of sp³-hybridized carbons (Fsp3) is 0.462. The average molecular weight is 457 g/mol. The SMILES string of the molecule is C[C@@H]1[C@H](NC(=O)/C(=N\OC(C)(C)C(=O)O)c2csc(N)n2)C(=O)N1S(=O)(=O)[O-].[Na+]. The van der Waals surface area contributed by atoms with Crippen molar-refractivity contribution in [1.29, 1.82) is 0 Å². The summed E-state index contributed by atoms with van der Waals surface area (Å²) in [4.78, 5) is 44.3. The molecule has 0 radical (unpaired) electrons. The third-order valence-corrected chi connectivity index (χ3v) is 5.39. The predicted octanol–water partition coefficient (Wildman–Crippen LogP) is -4.51. The Balaban J connectivity index is 0.00000420. The molecule has 1 aromatic heterocycles. The van der Waals surface area contributed by atoms with Crippen LogP contribution in [0.1, 0.15) is 26.5 Å². The smallest absolute Gasteiger partial charge is 0.731 e. The second-order valence-electron chi connectivity index (χ2n) is 6.20. The Bertz CT molecular complexity index is 960. The number of hydrogen-bond acceptors (Lipinski definition) is 11. The minimum absolute atomic E-state index is 0. The minimum atomic E-state index is -5.01. The van der Waals surface area contributed by atoms with Gasteiger partial charge in [-0.2, -0.15) is 0 Å². The number of nitrogens with zero attached hydrogens (tertiary/aromatic N) is 3. The van der Waals surface area contributed by atoms with Crippen LogP contribution in [0.4, 0.5) is 5.13 Å². The maximum atomic E-state index is 12.5. The molecule has 2 amide bonds. The number of hydrogen-bond donors (Lipinski definition) is 3. The molecule has 2 heterocycles. The molecule has 1 fully saturated rings. The van der Waals surface area contributed by atoms with Gasteiger partial charge in [0.15, 0.2) is 21.1 Å². The number of aromatic nitrogens is 1. The molecule has 1 aliphatic rings. The molecule has 0 aliphatic carbocycles. The van der Waals surface area contributed by atoms with E-state index in [2.05, 4.69) is 15.5 Å². The Morgan fingerprint density at radius 3 is 2.48 bits per heavy atom. The van der Waals surface area contributed by atoms with Gasteiger partial charge in [0.1, 0.15) is 11.7 Å². The van der Waals surface area contributed by atoms with Crippen molar-refractivity contribution in [3.8, 4) is 0 Å². The predicted molar refractivity (Wildman–Crippen MR) is 93.8 cm³/mol. The first-order valence-electron chi connectivity index (χ1n) is 7.56. The molecular formula is C13H16N5NaO8S2. The summed E-state index contributed by atoms with van der Waals surface area (Å²) in [5.74, 6) is -3.47. The topological polar surface area (TPSA) is 204 Å². The van der Waals surface area contributed by atoms with E-state index >= 15 is 0 Å². The first-order valence-corrected chi connectivity index (χ1v) is 9.81. The van der Waals surface area contributed by atoms with Gasteiger partial charge in [-0.25, -0.2) is 22.5 Å². The summed E-state index contributed by atoms with van der Waals surface area (Å²) in [5, 5.41) is 16.3. The Hall–Kier alpha value is -1.78. The molecule has 1 saturated heterocycles. The first-order chi connectivity index (χ1) is 12.8. The van der Waals surface area contributed by atoms with Crippen LogP contribution in [0, 0.1) is 0 Å². The summed E-state index contributed by atoms with van der Waals surface area (Å²) in [6, 6.07) is -2.41. The van der Waals surface area contributed by atoms with E-state index in [9.17, 15) is 27.4 Å². The number of carbonyl (C=O) groups is 3. The van der Waals surface area contributed by atoms with Gasteiger partial charge in [-0.15, -0.1) is 11.3 Å². The van der Waals surface area contributed by atoms with E-state index in [-0.39, 0.29) is 44.7 Å². The molecule has 4 N–H and O–H groups in total. The molecule has 1 aliphatic heterocycles. The quantitative estimate of drug-likeness (QED) is 0.118. The first kappa shape index (κ1) is 25.3. The zero-order valence-electron chi connectivity index (χ0n) is 15.8. The van der Waals surface area contributed by atoms with E-state index in [1.165, 1.54) is 26.2 Å². The van der Waals surface area contributed by atoms with E-state index in [4.69, 9.17) is 15.7 Å². The van der Waals surface area contributed by atoms with Crippen LogP contribution < -0.4 is 40.6 Å². The Kier molecular flexibility index (Phi) is 7.78. The number of oxime groups is 1. The molecule has 29 heavy (non-hydrogen) atoms. The number of nitrogens with two attached hydrogens (primary N) is 1. The van der Waals surface area contributed by atoms with Crippen molar-refractivity contribution in [2.45, 2.75) is 38.5 Å². The number of carbonyl (C=O) groups excluding carboxylic acids is 2. The summed E-state index contributed by atoms with van der Waals surface area (Å²) >= 11 is 0.971. The fourth-order valence-corrected chi connectivity index (χ4v) is 3.51. The van der Waals surface area contributed by atoms with Crippen LogP contribution in [0.2, 0.25) is 0 Å². The number of carboxylic acids is 1. The van der Waals surface area contributed by atoms with Gasteiger partial charge in [-0.05, 0) is 20.8 Å². The number of amides is 2. The third-order valence-electron chi connectivity index (χ3n) is 3.72. The summed E-state index contributed by atoms with van der Waals surface area (Å²) in [5.41, 5.74) is 3.21. The number of nitrogen functional groups attached to an aromatic ring is 1.